The molecular weight excluding hydrogens is 284 g/mol. The lowest BCUT2D eigenvalue weighted by atomic mass is 10.2. The van der Waals surface area contributed by atoms with Crippen LogP contribution in [0.15, 0.2) is 21.4 Å². The summed E-state index contributed by atoms with van der Waals surface area (Å²) in [6, 6.07) is 2.76. The molecule has 1 N–H and O–H groups in total. The summed E-state index contributed by atoms with van der Waals surface area (Å²) in [5.41, 5.74) is 0.579. The third kappa shape index (κ3) is 2.40. The van der Waals surface area contributed by atoms with Crippen molar-refractivity contribution in [3.05, 3.63) is 22.6 Å². The van der Waals surface area contributed by atoms with Crippen LogP contribution in [-0.4, -0.2) is 36.0 Å². The first kappa shape index (κ1) is 11.3. The molecule has 3 rings (SSSR count). The zero-order valence-electron chi connectivity index (χ0n) is 9.49. The Labute approximate surface area is 108 Å². The van der Waals surface area contributed by atoms with E-state index in [1.165, 1.54) is 19.1 Å². The Morgan fingerprint density at radius 3 is 2.94 bits per heavy atom. The van der Waals surface area contributed by atoms with E-state index >= 15 is 0 Å². The Hall–Kier alpha value is -0.810. The van der Waals surface area contributed by atoms with Gasteiger partial charge in [-0.3, -0.25) is 9.69 Å². The summed E-state index contributed by atoms with van der Waals surface area (Å²) in [6.45, 7) is 2.11. The molecule has 0 radical (unpaired) electrons. The van der Waals surface area contributed by atoms with Crippen molar-refractivity contribution < 1.29 is 9.21 Å². The van der Waals surface area contributed by atoms with Crippen LogP contribution < -0.4 is 5.32 Å². The number of carbonyl (C=O) groups is 1. The van der Waals surface area contributed by atoms with Crippen molar-refractivity contribution in [2.24, 2.45) is 0 Å². The van der Waals surface area contributed by atoms with Crippen LogP contribution in [0.2, 0.25) is 0 Å². The summed E-state index contributed by atoms with van der Waals surface area (Å²) in [7, 11) is 0. The van der Waals surface area contributed by atoms with Crippen LogP contribution in [0.4, 0.5) is 0 Å². The molecule has 2 aliphatic rings. The highest BCUT2D eigenvalue weighted by Crippen LogP contribution is 2.30. The second-order valence-corrected chi connectivity index (χ2v) is 5.51. The van der Waals surface area contributed by atoms with Gasteiger partial charge >= 0.3 is 0 Å². The lowest BCUT2D eigenvalue weighted by Crippen LogP contribution is -2.37. The third-order valence-electron chi connectivity index (χ3n) is 3.48. The number of nitrogens with one attached hydrogen (secondary N) is 1. The summed E-state index contributed by atoms with van der Waals surface area (Å²) < 4.78 is 5.57. The molecule has 0 aromatic carbocycles. The molecule has 1 unspecified atom stereocenters. The predicted octanol–water partition coefficient (Wildman–Crippen LogP) is 2.01. The second kappa shape index (κ2) is 4.46. The van der Waals surface area contributed by atoms with Crippen LogP contribution >= 0.6 is 15.9 Å². The molecule has 2 heterocycles. The maximum Gasteiger partial charge on any atom is 0.256 e. The van der Waals surface area contributed by atoms with Gasteiger partial charge in [-0.15, -0.1) is 0 Å². The molecule has 1 amide bonds. The highest BCUT2D eigenvalue weighted by molar-refractivity contribution is 9.10. The largest absolute Gasteiger partial charge is 0.457 e. The number of rotatable bonds is 3. The number of carbonyl (C=O) groups excluding carboxylic acids is 1. The molecule has 4 nitrogen and oxygen atoms in total. The Bertz CT molecular complexity index is 428. The fourth-order valence-electron chi connectivity index (χ4n) is 2.40. The van der Waals surface area contributed by atoms with Crippen molar-refractivity contribution in [2.45, 2.75) is 31.3 Å². The molecule has 0 bridgehead atoms. The van der Waals surface area contributed by atoms with E-state index < -0.39 is 0 Å². The number of nitrogens with zero attached hydrogens (tertiary/aromatic N) is 1. The van der Waals surface area contributed by atoms with E-state index in [0.29, 0.717) is 10.2 Å². The Balaban J connectivity index is 1.57. The van der Waals surface area contributed by atoms with Gasteiger partial charge in [0.05, 0.1) is 11.8 Å². The van der Waals surface area contributed by atoms with Crippen molar-refractivity contribution in [1.29, 1.82) is 0 Å². The first-order chi connectivity index (χ1) is 8.24. The molecule has 1 atom stereocenters. The first-order valence-electron chi connectivity index (χ1n) is 6.02. The maximum absolute atomic E-state index is 12.0. The van der Waals surface area contributed by atoms with Crippen LogP contribution in [0.25, 0.3) is 0 Å². The van der Waals surface area contributed by atoms with Gasteiger partial charge in [0.1, 0.15) is 0 Å². The van der Waals surface area contributed by atoms with E-state index in [1.54, 1.807) is 6.07 Å². The summed E-state index contributed by atoms with van der Waals surface area (Å²) in [6.07, 6.45) is 5.23. The van der Waals surface area contributed by atoms with Crippen molar-refractivity contribution in [3.8, 4) is 0 Å². The van der Waals surface area contributed by atoms with Gasteiger partial charge in [0.15, 0.2) is 4.67 Å². The van der Waals surface area contributed by atoms with Gasteiger partial charge in [0.25, 0.3) is 5.91 Å². The number of hydrogen-bond donors (Lipinski definition) is 1. The number of halogens is 1. The van der Waals surface area contributed by atoms with Gasteiger partial charge in [-0.1, -0.05) is 0 Å². The second-order valence-electron chi connectivity index (χ2n) is 4.79. The quantitative estimate of drug-likeness (QED) is 0.928. The maximum atomic E-state index is 12.0. The van der Waals surface area contributed by atoms with Crippen molar-refractivity contribution >= 4 is 21.8 Å². The predicted molar refractivity (Wildman–Crippen MR) is 66.9 cm³/mol. The minimum absolute atomic E-state index is 0.0479. The first-order valence-corrected chi connectivity index (χ1v) is 6.81. The molecule has 5 heteroatoms. The molecule has 1 aromatic heterocycles. The number of hydrogen-bond acceptors (Lipinski definition) is 3. The molecule has 0 spiro atoms. The molecule has 1 saturated carbocycles. The standard InChI is InChI=1S/C12H15BrN2O2/c13-11-10(4-6-17-11)12(16)14-8-3-5-15(7-8)9-1-2-9/h4,6,8-9H,1-3,5,7H2,(H,14,16). The fourth-order valence-corrected chi connectivity index (χ4v) is 2.82. The van der Waals surface area contributed by atoms with Gasteiger partial charge in [-0.05, 0) is 41.3 Å². The van der Waals surface area contributed by atoms with Crippen LogP contribution in [0.5, 0.6) is 0 Å². The van der Waals surface area contributed by atoms with Crippen LogP contribution in [0.3, 0.4) is 0 Å². The van der Waals surface area contributed by atoms with Crippen LogP contribution in [0, 0.1) is 0 Å². The summed E-state index contributed by atoms with van der Waals surface area (Å²) in [4.78, 5) is 14.4. The van der Waals surface area contributed by atoms with Gasteiger partial charge in [0.2, 0.25) is 0 Å². The molecule has 1 aliphatic heterocycles. The van der Waals surface area contributed by atoms with Gasteiger partial charge in [-0.2, -0.15) is 0 Å². The number of amides is 1. The number of furan rings is 1. The van der Waals surface area contributed by atoms with E-state index in [-0.39, 0.29) is 11.9 Å². The van der Waals surface area contributed by atoms with E-state index in [2.05, 4.69) is 26.1 Å². The SMILES string of the molecule is O=C(NC1CCN(C2CC2)C1)c1ccoc1Br. The average molecular weight is 299 g/mol. The van der Waals surface area contributed by atoms with E-state index in [0.717, 1.165) is 25.6 Å². The summed E-state index contributed by atoms with van der Waals surface area (Å²) in [5.74, 6) is -0.0479. The minimum atomic E-state index is -0.0479. The third-order valence-corrected chi connectivity index (χ3v) is 4.09. The average Bonchev–Trinajstić information content (AvgIpc) is 2.90. The van der Waals surface area contributed by atoms with Crippen molar-refractivity contribution in [2.75, 3.05) is 13.1 Å². The molecule has 1 aromatic rings. The minimum Gasteiger partial charge on any atom is -0.457 e. The Morgan fingerprint density at radius 2 is 2.29 bits per heavy atom. The van der Waals surface area contributed by atoms with Crippen LogP contribution in [-0.2, 0) is 0 Å². The monoisotopic (exact) mass is 298 g/mol. The lowest BCUT2D eigenvalue weighted by molar-refractivity contribution is 0.0936. The van der Waals surface area contributed by atoms with Gasteiger partial charge in [-0.25, -0.2) is 0 Å². The van der Waals surface area contributed by atoms with Crippen molar-refractivity contribution in [3.63, 3.8) is 0 Å². The van der Waals surface area contributed by atoms with Gasteiger partial charge < -0.3 is 9.73 Å². The summed E-state index contributed by atoms with van der Waals surface area (Å²) in [5, 5.41) is 3.06. The van der Waals surface area contributed by atoms with Crippen LogP contribution in [0.1, 0.15) is 29.6 Å². The number of likely N-dealkylation sites (tertiary alicyclic amines) is 1. The Kier molecular flexibility index (Phi) is 2.96. The molecular formula is C12H15BrN2O2. The highest BCUT2D eigenvalue weighted by Gasteiger charge is 2.35. The smallest absolute Gasteiger partial charge is 0.256 e. The topological polar surface area (TPSA) is 45.5 Å². The van der Waals surface area contributed by atoms with Gasteiger partial charge in [0, 0.05) is 25.2 Å². The fraction of sp³-hybridized carbons (Fsp3) is 0.583. The zero-order valence-corrected chi connectivity index (χ0v) is 11.1. The van der Waals surface area contributed by atoms with E-state index in [9.17, 15) is 4.79 Å². The molecule has 1 aliphatic carbocycles. The zero-order chi connectivity index (χ0) is 11.8. The van der Waals surface area contributed by atoms with E-state index in [4.69, 9.17) is 4.42 Å². The molecule has 2 fully saturated rings. The molecule has 92 valence electrons. The highest BCUT2D eigenvalue weighted by atomic mass is 79.9. The van der Waals surface area contributed by atoms with Crippen molar-refractivity contribution in [1.82, 2.24) is 10.2 Å². The Morgan fingerprint density at radius 1 is 1.47 bits per heavy atom. The summed E-state index contributed by atoms with van der Waals surface area (Å²) >= 11 is 3.22. The lowest BCUT2D eigenvalue weighted by Gasteiger charge is -2.15. The molecule has 17 heavy (non-hydrogen) atoms. The molecule has 1 saturated heterocycles. The normalized spacial score (nSPS) is 25.1. The van der Waals surface area contributed by atoms with E-state index in [1.807, 2.05) is 0 Å².